The summed E-state index contributed by atoms with van der Waals surface area (Å²) in [5.74, 6) is 0.771. The van der Waals surface area contributed by atoms with Crippen molar-refractivity contribution in [2.45, 2.75) is 33.2 Å². The highest BCUT2D eigenvalue weighted by Gasteiger charge is 2.21. The van der Waals surface area contributed by atoms with Gasteiger partial charge in [-0.3, -0.25) is 9.69 Å². The van der Waals surface area contributed by atoms with Crippen molar-refractivity contribution in [3.8, 4) is 22.9 Å². The molecule has 220 valence electrons. The number of para-hydroxylation sites is 1. The first-order chi connectivity index (χ1) is 20.3. The number of fused-ring (bicyclic) bond motifs is 1. The minimum absolute atomic E-state index is 0.0914. The van der Waals surface area contributed by atoms with Gasteiger partial charge < -0.3 is 30.4 Å². The topological polar surface area (TPSA) is 126 Å². The molecule has 5 rings (SSSR count). The third-order valence-corrected chi connectivity index (χ3v) is 7.34. The van der Waals surface area contributed by atoms with Gasteiger partial charge in [0.15, 0.2) is 0 Å². The second kappa shape index (κ2) is 12.9. The van der Waals surface area contributed by atoms with E-state index in [1.807, 2.05) is 13.8 Å². The van der Waals surface area contributed by atoms with Crippen molar-refractivity contribution in [1.29, 1.82) is 0 Å². The van der Waals surface area contributed by atoms with Gasteiger partial charge in [-0.2, -0.15) is 0 Å². The summed E-state index contributed by atoms with van der Waals surface area (Å²) in [6.45, 7) is 10.5. The van der Waals surface area contributed by atoms with E-state index in [-0.39, 0.29) is 17.4 Å². The molecule has 0 radical (unpaired) electrons. The van der Waals surface area contributed by atoms with E-state index in [0.29, 0.717) is 12.4 Å². The summed E-state index contributed by atoms with van der Waals surface area (Å²) in [7, 11) is 0. The van der Waals surface area contributed by atoms with Gasteiger partial charge in [0.1, 0.15) is 29.4 Å². The number of ether oxygens (including phenoxy) is 2. The number of carbonyl (C=O) groups is 2. The van der Waals surface area contributed by atoms with Crippen LogP contribution >= 0.6 is 0 Å². The zero-order valence-corrected chi connectivity index (χ0v) is 24.4. The quantitative estimate of drug-likeness (QED) is 0.255. The van der Waals surface area contributed by atoms with Gasteiger partial charge in [0, 0.05) is 44.3 Å². The van der Waals surface area contributed by atoms with Crippen molar-refractivity contribution in [2.75, 3.05) is 44.2 Å². The SMILES string of the molecule is CCc1ccc(-c2nc3c(N4CCN(CCOc5ccc(OC(=O)NC(C)C)c(C(N)=O)c5)CC4)cccc3[nH]2)cc1. The molecule has 0 saturated carbocycles. The van der Waals surface area contributed by atoms with Crippen LogP contribution in [0.1, 0.15) is 36.7 Å². The highest BCUT2D eigenvalue weighted by molar-refractivity contribution is 5.97. The molecule has 4 aromatic rings. The molecule has 1 saturated heterocycles. The second-order valence-electron chi connectivity index (χ2n) is 10.7. The lowest BCUT2D eigenvalue weighted by molar-refractivity contribution is 0.0997. The number of hydrogen-bond donors (Lipinski definition) is 3. The number of aromatic nitrogens is 2. The van der Waals surface area contributed by atoms with E-state index >= 15 is 0 Å². The number of primary amides is 1. The van der Waals surface area contributed by atoms with E-state index in [1.165, 1.54) is 17.7 Å². The Kier molecular flexibility index (Phi) is 8.92. The first-order valence-electron chi connectivity index (χ1n) is 14.4. The van der Waals surface area contributed by atoms with E-state index in [4.69, 9.17) is 20.2 Å². The van der Waals surface area contributed by atoms with Gasteiger partial charge in [-0.05, 0) is 56.2 Å². The molecule has 42 heavy (non-hydrogen) atoms. The van der Waals surface area contributed by atoms with Crippen molar-refractivity contribution < 1.29 is 19.1 Å². The normalized spacial score (nSPS) is 13.9. The molecule has 3 aromatic carbocycles. The van der Waals surface area contributed by atoms with Gasteiger partial charge in [-0.1, -0.05) is 37.3 Å². The summed E-state index contributed by atoms with van der Waals surface area (Å²) in [5, 5.41) is 2.62. The monoisotopic (exact) mass is 570 g/mol. The molecular weight excluding hydrogens is 532 g/mol. The molecule has 0 atom stereocenters. The standard InChI is InChI=1S/C32H38N6O4/c1-4-22-8-10-23(11-9-22)31-35-26-6-5-7-27(29(26)36-31)38-16-14-37(15-17-38)18-19-41-24-12-13-28(25(20-24)30(33)39)42-32(40)34-21(2)3/h5-13,20-21H,4,14-19H2,1-3H3,(H2,33,39)(H,34,40)(H,35,36). The summed E-state index contributed by atoms with van der Waals surface area (Å²) < 4.78 is 11.2. The Morgan fingerprint density at radius 1 is 1.05 bits per heavy atom. The van der Waals surface area contributed by atoms with E-state index in [1.54, 1.807) is 6.07 Å². The number of anilines is 1. The molecular formula is C32H38N6O4. The number of imidazole rings is 1. The fourth-order valence-electron chi connectivity index (χ4n) is 5.06. The fraction of sp³-hybridized carbons (Fsp3) is 0.344. The molecule has 0 bridgehead atoms. The molecule has 0 spiro atoms. The first-order valence-corrected chi connectivity index (χ1v) is 14.4. The molecule has 0 unspecified atom stereocenters. The van der Waals surface area contributed by atoms with E-state index in [0.717, 1.165) is 67.3 Å². The molecule has 2 amide bonds. The minimum atomic E-state index is -0.697. The number of piperazine rings is 1. The summed E-state index contributed by atoms with van der Waals surface area (Å²) in [4.78, 5) is 37.1. The van der Waals surface area contributed by atoms with Gasteiger partial charge in [0.2, 0.25) is 0 Å². The summed E-state index contributed by atoms with van der Waals surface area (Å²) >= 11 is 0. The number of aryl methyl sites for hydroxylation is 1. The third kappa shape index (κ3) is 6.83. The number of nitrogens with zero attached hydrogens (tertiary/aromatic N) is 3. The molecule has 10 nitrogen and oxygen atoms in total. The number of carbonyl (C=O) groups excluding carboxylic acids is 2. The smallest absolute Gasteiger partial charge is 0.412 e. The summed E-state index contributed by atoms with van der Waals surface area (Å²) in [6.07, 6.45) is 0.368. The summed E-state index contributed by atoms with van der Waals surface area (Å²) in [5.41, 5.74) is 11.2. The maximum absolute atomic E-state index is 12.0. The molecule has 0 aliphatic carbocycles. The first kappa shape index (κ1) is 28.9. The molecule has 1 aliphatic heterocycles. The lowest BCUT2D eigenvalue weighted by Gasteiger charge is -2.36. The summed E-state index contributed by atoms with van der Waals surface area (Å²) in [6, 6.07) is 19.5. The van der Waals surface area contributed by atoms with E-state index in [9.17, 15) is 9.59 Å². The van der Waals surface area contributed by atoms with Gasteiger partial charge in [0.25, 0.3) is 5.91 Å². The number of H-pyrrole nitrogens is 1. The van der Waals surface area contributed by atoms with Crippen LogP contribution in [0.2, 0.25) is 0 Å². The molecule has 1 aliphatic rings. The predicted molar refractivity (Wildman–Crippen MR) is 164 cm³/mol. The highest BCUT2D eigenvalue weighted by atomic mass is 16.6. The Labute approximate surface area is 245 Å². The fourth-order valence-corrected chi connectivity index (χ4v) is 5.06. The van der Waals surface area contributed by atoms with Crippen LogP contribution in [-0.4, -0.2) is 72.2 Å². The third-order valence-electron chi connectivity index (χ3n) is 7.34. The van der Waals surface area contributed by atoms with Crippen LogP contribution in [-0.2, 0) is 6.42 Å². The van der Waals surface area contributed by atoms with Crippen LogP contribution in [0, 0.1) is 0 Å². The highest BCUT2D eigenvalue weighted by Crippen LogP contribution is 2.29. The average molecular weight is 571 g/mol. The second-order valence-corrected chi connectivity index (χ2v) is 10.7. The van der Waals surface area contributed by atoms with Crippen LogP contribution in [0.5, 0.6) is 11.5 Å². The number of hydrogen-bond acceptors (Lipinski definition) is 7. The molecule has 2 heterocycles. The molecule has 1 fully saturated rings. The van der Waals surface area contributed by atoms with Gasteiger partial charge in [0.05, 0.1) is 16.8 Å². The van der Waals surface area contributed by atoms with Crippen LogP contribution in [0.3, 0.4) is 0 Å². The number of aromatic amines is 1. The Morgan fingerprint density at radius 3 is 2.50 bits per heavy atom. The lowest BCUT2D eigenvalue weighted by atomic mass is 10.1. The minimum Gasteiger partial charge on any atom is -0.492 e. The molecule has 1 aromatic heterocycles. The van der Waals surface area contributed by atoms with Crippen molar-refractivity contribution in [3.63, 3.8) is 0 Å². The molecule has 4 N–H and O–H groups in total. The van der Waals surface area contributed by atoms with E-state index in [2.05, 4.69) is 69.5 Å². The van der Waals surface area contributed by atoms with Crippen LogP contribution in [0.15, 0.2) is 60.7 Å². The zero-order chi connectivity index (χ0) is 29.6. The van der Waals surface area contributed by atoms with Crippen molar-refractivity contribution >= 4 is 28.7 Å². The van der Waals surface area contributed by atoms with Crippen molar-refractivity contribution in [1.82, 2.24) is 20.2 Å². The van der Waals surface area contributed by atoms with E-state index < -0.39 is 12.0 Å². The Bertz CT molecular complexity index is 1540. The number of amides is 2. The largest absolute Gasteiger partial charge is 0.492 e. The van der Waals surface area contributed by atoms with Gasteiger partial charge >= 0.3 is 6.09 Å². The Morgan fingerprint density at radius 2 is 1.81 bits per heavy atom. The number of nitrogens with one attached hydrogen (secondary N) is 2. The maximum Gasteiger partial charge on any atom is 0.412 e. The predicted octanol–water partition coefficient (Wildman–Crippen LogP) is 4.59. The lowest BCUT2D eigenvalue weighted by Crippen LogP contribution is -2.47. The average Bonchev–Trinajstić information content (AvgIpc) is 3.42. The van der Waals surface area contributed by atoms with Crippen molar-refractivity contribution in [3.05, 3.63) is 71.8 Å². The van der Waals surface area contributed by atoms with Crippen LogP contribution in [0.4, 0.5) is 10.5 Å². The van der Waals surface area contributed by atoms with Crippen LogP contribution < -0.4 is 25.4 Å². The number of benzene rings is 3. The Balaban J connectivity index is 1.16. The van der Waals surface area contributed by atoms with Crippen molar-refractivity contribution in [2.24, 2.45) is 5.73 Å². The zero-order valence-electron chi connectivity index (χ0n) is 24.4. The van der Waals surface area contributed by atoms with Crippen LogP contribution in [0.25, 0.3) is 22.4 Å². The van der Waals surface area contributed by atoms with Gasteiger partial charge in [-0.25, -0.2) is 9.78 Å². The molecule has 10 heteroatoms. The Hall–Kier alpha value is -4.57. The number of nitrogens with two attached hydrogens (primary N) is 1. The van der Waals surface area contributed by atoms with Gasteiger partial charge in [-0.15, -0.1) is 0 Å². The maximum atomic E-state index is 12.0. The number of rotatable bonds is 10.